The summed E-state index contributed by atoms with van der Waals surface area (Å²) in [5.74, 6) is -2.51. The van der Waals surface area contributed by atoms with Gasteiger partial charge in [0, 0.05) is 12.2 Å². The fourth-order valence-electron chi connectivity index (χ4n) is 0.143. The fourth-order valence-corrected chi connectivity index (χ4v) is 0.143. The van der Waals surface area contributed by atoms with Crippen LogP contribution in [0.4, 0.5) is 0 Å². The Morgan fingerprint density at radius 2 is 1.12 bits per heavy atom. The lowest BCUT2D eigenvalue weighted by Gasteiger charge is -1.90. The summed E-state index contributed by atoms with van der Waals surface area (Å²) in [5, 5.41) is 15.6. The smallest absolute Gasteiger partial charge is 0.328 e. The highest BCUT2D eigenvalue weighted by atomic mass is 16.4. The normalized spacial score (nSPS) is 8.62. The minimum absolute atomic E-state index is 0.558. The Labute approximate surface area is 96.7 Å². The summed E-state index contributed by atoms with van der Waals surface area (Å²) in [7, 11) is 6.00. The average Bonchev–Trinajstić information content (AvgIpc) is 1.98. The van der Waals surface area contributed by atoms with Crippen LogP contribution in [-0.2, 0) is 9.59 Å². The molecule has 0 radical (unpaired) electrons. The van der Waals surface area contributed by atoms with Crippen molar-refractivity contribution in [1.82, 2.24) is 4.90 Å². The second-order valence-corrected chi connectivity index (χ2v) is 3.56. The molecule has 0 aromatic heterocycles. The van der Waals surface area contributed by atoms with Gasteiger partial charge in [0.2, 0.25) is 0 Å². The Bertz CT molecular complexity index is 222. The number of carbonyl (C=O) groups is 2. The molecular weight excluding hydrogens is 210 g/mol. The van der Waals surface area contributed by atoms with Crippen LogP contribution in [0.5, 0.6) is 0 Å². The molecule has 2 N–H and O–H groups in total. The SMILES string of the molecule is C=C(C)C.CN(C)C.O=C(O)/C=C\C(=O)O. The van der Waals surface area contributed by atoms with Gasteiger partial charge in [-0.1, -0.05) is 5.57 Å². The van der Waals surface area contributed by atoms with Crippen molar-refractivity contribution in [3.63, 3.8) is 0 Å². The zero-order valence-corrected chi connectivity index (χ0v) is 10.5. The maximum absolute atomic E-state index is 9.55. The van der Waals surface area contributed by atoms with Crippen LogP contribution in [0.25, 0.3) is 0 Å². The van der Waals surface area contributed by atoms with Crippen LogP contribution < -0.4 is 0 Å². The molecule has 0 fully saturated rings. The van der Waals surface area contributed by atoms with Crippen molar-refractivity contribution in [3.8, 4) is 0 Å². The molecule has 16 heavy (non-hydrogen) atoms. The summed E-state index contributed by atoms with van der Waals surface area (Å²) in [4.78, 5) is 21.1. The van der Waals surface area contributed by atoms with E-state index in [0.29, 0.717) is 12.2 Å². The minimum Gasteiger partial charge on any atom is -0.478 e. The molecule has 0 aromatic carbocycles. The summed E-state index contributed by atoms with van der Waals surface area (Å²) in [6.07, 6.45) is 1.12. The molecule has 0 saturated carbocycles. The zero-order chi connectivity index (χ0) is 13.7. The van der Waals surface area contributed by atoms with E-state index in [0.717, 1.165) is 0 Å². The van der Waals surface area contributed by atoms with E-state index in [4.69, 9.17) is 10.2 Å². The van der Waals surface area contributed by atoms with E-state index in [1.54, 1.807) is 0 Å². The molecule has 0 atom stereocenters. The molecule has 5 nitrogen and oxygen atoms in total. The van der Waals surface area contributed by atoms with Gasteiger partial charge >= 0.3 is 11.9 Å². The van der Waals surface area contributed by atoms with Gasteiger partial charge in [0.15, 0.2) is 0 Å². The number of carboxylic acid groups (broad SMARTS) is 2. The van der Waals surface area contributed by atoms with Gasteiger partial charge in [0.05, 0.1) is 0 Å². The van der Waals surface area contributed by atoms with Crippen molar-refractivity contribution in [1.29, 1.82) is 0 Å². The van der Waals surface area contributed by atoms with Gasteiger partial charge in [-0.2, -0.15) is 0 Å². The molecule has 0 bridgehead atoms. The second-order valence-electron chi connectivity index (χ2n) is 3.56. The van der Waals surface area contributed by atoms with Gasteiger partial charge in [-0.05, 0) is 35.0 Å². The van der Waals surface area contributed by atoms with Crippen molar-refractivity contribution >= 4 is 11.9 Å². The predicted octanol–water partition coefficient (Wildman–Crippen LogP) is 1.47. The van der Waals surface area contributed by atoms with Gasteiger partial charge in [0.1, 0.15) is 0 Å². The number of carboxylic acids is 2. The van der Waals surface area contributed by atoms with Crippen molar-refractivity contribution in [2.75, 3.05) is 21.1 Å². The average molecular weight is 231 g/mol. The summed E-state index contributed by atoms with van der Waals surface area (Å²) in [6, 6.07) is 0. The second kappa shape index (κ2) is 13.4. The highest BCUT2D eigenvalue weighted by molar-refractivity contribution is 5.89. The Kier molecular flexibility index (Phi) is 16.6. The number of aliphatic carboxylic acids is 2. The minimum atomic E-state index is -1.26. The first-order valence-corrected chi connectivity index (χ1v) is 4.46. The van der Waals surface area contributed by atoms with Crippen LogP contribution >= 0.6 is 0 Å². The molecular formula is C11H21NO4. The van der Waals surface area contributed by atoms with Gasteiger partial charge in [-0.25, -0.2) is 9.59 Å². The Hall–Kier alpha value is -1.62. The van der Waals surface area contributed by atoms with E-state index >= 15 is 0 Å². The predicted molar refractivity (Wildman–Crippen MR) is 64.5 cm³/mol. The highest BCUT2D eigenvalue weighted by Crippen LogP contribution is 1.73. The topological polar surface area (TPSA) is 77.8 Å². The van der Waals surface area contributed by atoms with Crippen molar-refractivity contribution in [3.05, 3.63) is 24.3 Å². The highest BCUT2D eigenvalue weighted by Gasteiger charge is 1.88. The van der Waals surface area contributed by atoms with Crippen LogP contribution in [0.2, 0.25) is 0 Å². The summed E-state index contributed by atoms with van der Waals surface area (Å²) >= 11 is 0. The molecule has 0 saturated heterocycles. The molecule has 0 heterocycles. The van der Waals surface area contributed by atoms with Crippen LogP contribution in [-0.4, -0.2) is 48.2 Å². The Morgan fingerprint density at radius 1 is 1.00 bits per heavy atom. The monoisotopic (exact) mass is 231 g/mol. The van der Waals surface area contributed by atoms with Crippen LogP contribution in [0.1, 0.15) is 13.8 Å². The molecule has 0 aliphatic heterocycles. The third-order valence-corrected chi connectivity index (χ3v) is 0.368. The van der Waals surface area contributed by atoms with Gasteiger partial charge in [-0.15, -0.1) is 6.58 Å². The molecule has 0 aromatic rings. The molecule has 0 spiro atoms. The maximum atomic E-state index is 9.55. The van der Waals surface area contributed by atoms with E-state index in [1.807, 2.05) is 39.9 Å². The first-order valence-electron chi connectivity index (χ1n) is 4.46. The van der Waals surface area contributed by atoms with Gasteiger partial charge < -0.3 is 15.1 Å². The standard InChI is InChI=1S/C4H4O4.C4H8.C3H9N/c5-3(6)1-2-4(7)8;2*1-4(2)3/h1-2H,(H,5,6)(H,7,8);1H2,2-3H3;1-3H3/b2-1-;;. The summed E-state index contributed by atoms with van der Waals surface area (Å²) < 4.78 is 0. The van der Waals surface area contributed by atoms with Crippen LogP contribution in [0.15, 0.2) is 24.3 Å². The molecule has 0 rings (SSSR count). The van der Waals surface area contributed by atoms with Crippen LogP contribution in [0.3, 0.4) is 0 Å². The summed E-state index contributed by atoms with van der Waals surface area (Å²) in [5.41, 5.74) is 1.17. The molecule has 0 aliphatic rings. The van der Waals surface area contributed by atoms with Gasteiger partial charge in [-0.3, -0.25) is 0 Å². The maximum Gasteiger partial charge on any atom is 0.328 e. The van der Waals surface area contributed by atoms with E-state index in [9.17, 15) is 9.59 Å². The first-order chi connectivity index (χ1) is 7.09. The number of hydrogen-bond acceptors (Lipinski definition) is 3. The number of hydrogen-bond donors (Lipinski definition) is 2. The van der Waals surface area contributed by atoms with E-state index in [-0.39, 0.29) is 0 Å². The third-order valence-electron chi connectivity index (χ3n) is 0.368. The Morgan fingerprint density at radius 3 is 1.19 bits per heavy atom. The number of nitrogens with zero attached hydrogens (tertiary/aromatic N) is 1. The number of allylic oxidation sites excluding steroid dienone is 1. The molecule has 0 aliphatic carbocycles. The van der Waals surface area contributed by atoms with E-state index in [2.05, 4.69) is 6.58 Å². The lowest BCUT2D eigenvalue weighted by atomic mass is 10.4. The molecule has 5 heteroatoms. The zero-order valence-electron chi connectivity index (χ0n) is 10.5. The summed E-state index contributed by atoms with van der Waals surface area (Å²) in [6.45, 7) is 7.50. The third kappa shape index (κ3) is 140. The van der Waals surface area contributed by atoms with E-state index in [1.165, 1.54) is 5.57 Å². The molecule has 0 unspecified atom stereocenters. The number of rotatable bonds is 2. The molecule has 0 amide bonds. The van der Waals surface area contributed by atoms with Crippen LogP contribution in [0, 0.1) is 0 Å². The fraction of sp³-hybridized carbons (Fsp3) is 0.455. The largest absolute Gasteiger partial charge is 0.478 e. The first kappa shape index (κ1) is 19.9. The van der Waals surface area contributed by atoms with E-state index < -0.39 is 11.9 Å². The lowest BCUT2D eigenvalue weighted by Crippen LogP contribution is -1.99. The molecule has 94 valence electrons. The quantitative estimate of drug-likeness (QED) is 0.556. The van der Waals surface area contributed by atoms with Crippen molar-refractivity contribution in [2.24, 2.45) is 0 Å². The lowest BCUT2D eigenvalue weighted by molar-refractivity contribution is -0.134. The van der Waals surface area contributed by atoms with Crippen molar-refractivity contribution < 1.29 is 19.8 Å². The van der Waals surface area contributed by atoms with Gasteiger partial charge in [0.25, 0.3) is 0 Å². The van der Waals surface area contributed by atoms with Crippen molar-refractivity contribution in [2.45, 2.75) is 13.8 Å². The Balaban J connectivity index is -0.000000179.